The van der Waals surface area contributed by atoms with Crippen LogP contribution in [0.5, 0.6) is 0 Å². The van der Waals surface area contributed by atoms with Gasteiger partial charge in [-0.15, -0.1) is 0 Å². The van der Waals surface area contributed by atoms with Gasteiger partial charge in [0.15, 0.2) is 0 Å². The maximum absolute atomic E-state index is 12.3. The maximum atomic E-state index is 12.3. The topological polar surface area (TPSA) is 80.1 Å². The van der Waals surface area contributed by atoms with Crippen LogP contribution < -0.4 is 5.32 Å². The summed E-state index contributed by atoms with van der Waals surface area (Å²) in [5, 5.41) is 6.84. The van der Waals surface area contributed by atoms with Crippen LogP contribution in [0.25, 0.3) is 0 Å². The fraction of sp³-hybridized carbons (Fsp3) is 0.714. The van der Waals surface area contributed by atoms with E-state index < -0.39 is 6.04 Å². The predicted octanol–water partition coefficient (Wildman–Crippen LogP) is 0.732. The average Bonchev–Trinajstić information content (AvgIpc) is 2.80. The molecule has 1 aliphatic rings. The van der Waals surface area contributed by atoms with E-state index in [2.05, 4.69) is 15.4 Å². The van der Waals surface area contributed by atoms with E-state index in [9.17, 15) is 9.59 Å². The Kier molecular flexibility index (Phi) is 4.02. The standard InChI is InChI=1S/C14H23N5O2/c1-9(2)19-10(16-8-17-19)7-18-11(20)6-15-13(21)12(18)14(3,4)5/h8-9,12H,6-7H2,1-5H3,(H,15,21). The van der Waals surface area contributed by atoms with Crippen molar-refractivity contribution in [3.05, 3.63) is 12.2 Å². The monoisotopic (exact) mass is 293 g/mol. The molecule has 2 heterocycles. The molecule has 1 unspecified atom stereocenters. The van der Waals surface area contributed by atoms with Gasteiger partial charge in [0.2, 0.25) is 11.8 Å². The molecule has 1 atom stereocenters. The molecule has 1 saturated heterocycles. The Morgan fingerprint density at radius 2 is 2.05 bits per heavy atom. The Bertz CT molecular complexity index is 544. The van der Waals surface area contributed by atoms with Gasteiger partial charge in [-0.1, -0.05) is 20.8 Å². The van der Waals surface area contributed by atoms with Crippen LogP contribution in [0, 0.1) is 5.41 Å². The Hall–Kier alpha value is -1.92. The third-order valence-corrected chi connectivity index (χ3v) is 3.56. The molecule has 116 valence electrons. The highest BCUT2D eigenvalue weighted by atomic mass is 16.2. The van der Waals surface area contributed by atoms with Crippen molar-refractivity contribution in [2.24, 2.45) is 5.41 Å². The Morgan fingerprint density at radius 1 is 1.38 bits per heavy atom. The molecule has 1 aromatic rings. The van der Waals surface area contributed by atoms with Crippen LogP contribution in [0.1, 0.15) is 46.5 Å². The van der Waals surface area contributed by atoms with Gasteiger partial charge in [-0.3, -0.25) is 9.59 Å². The van der Waals surface area contributed by atoms with Crippen LogP contribution in [-0.4, -0.2) is 44.1 Å². The van der Waals surface area contributed by atoms with Crippen molar-refractivity contribution in [3.8, 4) is 0 Å². The van der Waals surface area contributed by atoms with E-state index in [1.54, 1.807) is 9.58 Å². The minimum atomic E-state index is -0.504. The summed E-state index contributed by atoms with van der Waals surface area (Å²) < 4.78 is 1.78. The summed E-state index contributed by atoms with van der Waals surface area (Å²) in [6, 6.07) is -0.347. The molecule has 0 saturated carbocycles. The molecule has 2 rings (SSSR count). The van der Waals surface area contributed by atoms with Gasteiger partial charge < -0.3 is 10.2 Å². The molecule has 0 aliphatic carbocycles. The minimum Gasteiger partial charge on any atom is -0.345 e. The first kappa shape index (κ1) is 15.5. The summed E-state index contributed by atoms with van der Waals surface area (Å²) in [6.07, 6.45) is 1.48. The first-order valence-corrected chi connectivity index (χ1v) is 7.17. The molecule has 0 spiro atoms. The third-order valence-electron chi connectivity index (χ3n) is 3.56. The van der Waals surface area contributed by atoms with Gasteiger partial charge in [0.05, 0.1) is 13.1 Å². The molecule has 2 amide bonds. The Morgan fingerprint density at radius 3 is 2.62 bits per heavy atom. The van der Waals surface area contributed by atoms with E-state index in [0.717, 1.165) is 0 Å². The highest BCUT2D eigenvalue weighted by Gasteiger charge is 2.42. The lowest BCUT2D eigenvalue weighted by molar-refractivity contribution is -0.151. The van der Waals surface area contributed by atoms with E-state index in [-0.39, 0.29) is 29.8 Å². The van der Waals surface area contributed by atoms with Gasteiger partial charge >= 0.3 is 0 Å². The number of rotatable bonds is 3. The number of carbonyl (C=O) groups is 2. The number of nitrogens with one attached hydrogen (secondary N) is 1. The summed E-state index contributed by atoms with van der Waals surface area (Å²) in [7, 11) is 0. The number of hydrogen-bond donors (Lipinski definition) is 1. The second kappa shape index (κ2) is 5.46. The van der Waals surface area contributed by atoms with Crippen molar-refractivity contribution in [3.63, 3.8) is 0 Å². The van der Waals surface area contributed by atoms with Gasteiger partial charge in [-0.2, -0.15) is 5.10 Å². The predicted molar refractivity (Wildman–Crippen MR) is 77.2 cm³/mol. The van der Waals surface area contributed by atoms with Crippen LogP contribution in [0.3, 0.4) is 0 Å². The van der Waals surface area contributed by atoms with Crippen molar-refractivity contribution in [2.45, 2.75) is 53.2 Å². The summed E-state index contributed by atoms with van der Waals surface area (Å²) in [5.41, 5.74) is -0.344. The highest BCUT2D eigenvalue weighted by Crippen LogP contribution is 2.27. The van der Waals surface area contributed by atoms with Crippen LogP contribution in [0.15, 0.2) is 6.33 Å². The zero-order chi connectivity index (χ0) is 15.8. The lowest BCUT2D eigenvalue weighted by atomic mass is 9.84. The second-order valence-corrected chi connectivity index (χ2v) is 6.72. The molecule has 21 heavy (non-hydrogen) atoms. The second-order valence-electron chi connectivity index (χ2n) is 6.72. The van der Waals surface area contributed by atoms with Gasteiger partial charge in [0.1, 0.15) is 18.2 Å². The van der Waals surface area contributed by atoms with E-state index in [4.69, 9.17) is 0 Å². The van der Waals surface area contributed by atoms with Gasteiger partial charge in [0.25, 0.3) is 0 Å². The van der Waals surface area contributed by atoms with Crippen LogP contribution in [-0.2, 0) is 16.1 Å². The largest absolute Gasteiger partial charge is 0.345 e. The molecule has 1 fully saturated rings. The molecular weight excluding hydrogens is 270 g/mol. The normalized spacial score (nSPS) is 20.1. The first-order chi connectivity index (χ1) is 9.71. The van der Waals surface area contributed by atoms with Crippen molar-refractivity contribution >= 4 is 11.8 Å². The van der Waals surface area contributed by atoms with Crippen LogP contribution in [0.2, 0.25) is 0 Å². The zero-order valence-electron chi connectivity index (χ0n) is 13.3. The van der Waals surface area contributed by atoms with Gasteiger partial charge in [-0.05, 0) is 19.3 Å². The van der Waals surface area contributed by atoms with Crippen LogP contribution in [0.4, 0.5) is 0 Å². The summed E-state index contributed by atoms with van der Waals surface area (Å²) >= 11 is 0. The van der Waals surface area contributed by atoms with Crippen molar-refractivity contribution in [1.29, 1.82) is 0 Å². The fourth-order valence-corrected chi connectivity index (χ4v) is 2.66. The lowest BCUT2D eigenvalue weighted by Crippen LogP contribution is -2.62. The number of nitrogens with zero attached hydrogens (tertiary/aromatic N) is 4. The number of amides is 2. The van der Waals surface area contributed by atoms with Gasteiger partial charge in [-0.25, -0.2) is 9.67 Å². The molecule has 0 bridgehead atoms. The quantitative estimate of drug-likeness (QED) is 0.891. The maximum Gasteiger partial charge on any atom is 0.243 e. The molecular formula is C14H23N5O2. The third kappa shape index (κ3) is 3.06. The first-order valence-electron chi connectivity index (χ1n) is 7.17. The van der Waals surface area contributed by atoms with E-state index in [0.29, 0.717) is 12.4 Å². The number of hydrogen-bond acceptors (Lipinski definition) is 4. The summed E-state index contributed by atoms with van der Waals surface area (Å²) in [6.45, 7) is 10.2. The SMILES string of the molecule is CC(C)n1ncnc1CN1C(=O)CNC(=O)C1C(C)(C)C. The van der Waals surface area contributed by atoms with Crippen molar-refractivity contribution in [2.75, 3.05) is 6.54 Å². The van der Waals surface area contributed by atoms with E-state index in [1.165, 1.54) is 6.33 Å². The summed E-state index contributed by atoms with van der Waals surface area (Å²) in [5.74, 6) is 0.493. The van der Waals surface area contributed by atoms with E-state index >= 15 is 0 Å². The van der Waals surface area contributed by atoms with Gasteiger partial charge in [0, 0.05) is 6.04 Å². The number of carbonyl (C=O) groups excluding carboxylic acids is 2. The zero-order valence-corrected chi connectivity index (χ0v) is 13.3. The average molecular weight is 293 g/mol. The molecule has 7 nitrogen and oxygen atoms in total. The molecule has 1 N–H and O–H groups in total. The molecule has 7 heteroatoms. The molecule has 1 aliphatic heterocycles. The number of aromatic nitrogens is 3. The fourth-order valence-electron chi connectivity index (χ4n) is 2.66. The Labute approximate surface area is 124 Å². The minimum absolute atomic E-state index is 0.0429. The van der Waals surface area contributed by atoms with Crippen molar-refractivity contribution < 1.29 is 9.59 Å². The van der Waals surface area contributed by atoms with E-state index in [1.807, 2.05) is 34.6 Å². The molecule has 0 aromatic carbocycles. The van der Waals surface area contributed by atoms with Crippen LogP contribution >= 0.6 is 0 Å². The Balaban J connectivity index is 2.31. The summed E-state index contributed by atoms with van der Waals surface area (Å²) in [4.78, 5) is 30.3. The lowest BCUT2D eigenvalue weighted by Gasteiger charge is -2.41. The number of piperazine rings is 1. The smallest absolute Gasteiger partial charge is 0.243 e. The molecule has 1 aromatic heterocycles. The van der Waals surface area contributed by atoms with Crippen molar-refractivity contribution in [1.82, 2.24) is 25.0 Å². The highest BCUT2D eigenvalue weighted by molar-refractivity contribution is 5.95. The molecule has 0 radical (unpaired) electrons.